The molecule has 0 aromatic carbocycles. The zero-order valence-electron chi connectivity index (χ0n) is 35.4. The van der Waals surface area contributed by atoms with Crippen molar-refractivity contribution in [3.05, 3.63) is 36.5 Å². The van der Waals surface area contributed by atoms with Crippen molar-refractivity contribution in [3.8, 4) is 0 Å². The number of allylic oxidation sites excluding steroid dienone is 6. The molecule has 1 N–H and O–H groups in total. The first kappa shape index (κ1) is 51.5. The minimum absolute atomic E-state index is 0.184. The maximum Gasteiger partial charge on any atom is 0.361 e. The van der Waals surface area contributed by atoms with Crippen LogP contribution in [0.3, 0.4) is 0 Å². The van der Waals surface area contributed by atoms with Crippen molar-refractivity contribution in [2.75, 3.05) is 47.5 Å². The lowest BCUT2D eigenvalue weighted by Gasteiger charge is -2.25. The predicted octanol–water partition coefficient (Wildman–Crippen LogP) is 11.1. The Bertz CT molecular complexity index is 987. The highest BCUT2D eigenvalue weighted by molar-refractivity contribution is 5.71. The second kappa shape index (κ2) is 37.4. The summed E-state index contributed by atoms with van der Waals surface area (Å²) in [6, 6.07) is 0. The summed E-state index contributed by atoms with van der Waals surface area (Å²) >= 11 is 0. The van der Waals surface area contributed by atoms with E-state index in [4.69, 9.17) is 18.9 Å². The third-order valence-electron chi connectivity index (χ3n) is 9.16. The molecule has 2 unspecified atom stereocenters. The Morgan fingerprint density at radius 1 is 0.574 bits per heavy atom. The fourth-order valence-corrected chi connectivity index (χ4v) is 5.79. The molecule has 0 saturated heterocycles. The second-order valence-electron chi connectivity index (χ2n) is 15.6. The number of carboxylic acids is 1. The van der Waals surface area contributed by atoms with Crippen LogP contribution in [0.4, 0.5) is 0 Å². The minimum atomic E-state index is -1.51. The summed E-state index contributed by atoms with van der Waals surface area (Å²) in [6.07, 6.45) is 37.7. The third-order valence-corrected chi connectivity index (χ3v) is 9.16. The average molecular weight is 765 g/mol. The number of unbranched alkanes of at least 4 members (excludes halogenated alkanes) is 18. The van der Waals surface area contributed by atoms with Gasteiger partial charge in [0.05, 0.1) is 34.4 Å². The van der Waals surface area contributed by atoms with Crippen molar-refractivity contribution in [1.29, 1.82) is 0 Å². The normalized spacial score (nSPS) is 13.3. The van der Waals surface area contributed by atoms with Gasteiger partial charge in [0.2, 0.25) is 0 Å². The van der Waals surface area contributed by atoms with Crippen LogP contribution in [0.1, 0.15) is 174 Å². The van der Waals surface area contributed by atoms with Gasteiger partial charge >= 0.3 is 17.9 Å². The van der Waals surface area contributed by atoms with Crippen LogP contribution in [0.5, 0.6) is 0 Å². The van der Waals surface area contributed by atoms with Crippen molar-refractivity contribution in [1.82, 2.24) is 0 Å². The van der Waals surface area contributed by atoms with Gasteiger partial charge in [-0.15, -0.1) is 0 Å². The molecule has 0 bridgehead atoms. The van der Waals surface area contributed by atoms with Crippen LogP contribution in [0.25, 0.3) is 0 Å². The summed E-state index contributed by atoms with van der Waals surface area (Å²) < 4.78 is 22.7. The summed E-state index contributed by atoms with van der Waals surface area (Å²) in [5, 5.41) is 9.62. The number of aliphatic carboxylic acids is 1. The number of ether oxygens (including phenoxy) is 4. The molecule has 9 heteroatoms. The fraction of sp³-hybridized carbons (Fsp3) is 0.800. The van der Waals surface area contributed by atoms with Crippen LogP contribution in [0.15, 0.2) is 36.5 Å². The highest BCUT2D eigenvalue weighted by atomic mass is 16.7. The van der Waals surface area contributed by atoms with E-state index in [1.165, 1.54) is 77.0 Å². The second-order valence-corrected chi connectivity index (χ2v) is 15.6. The molecule has 0 spiro atoms. The lowest BCUT2D eigenvalue weighted by Crippen LogP contribution is -2.40. The van der Waals surface area contributed by atoms with E-state index in [1.807, 2.05) is 21.1 Å². The van der Waals surface area contributed by atoms with E-state index in [9.17, 15) is 19.5 Å². The third kappa shape index (κ3) is 37.8. The molecule has 9 nitrogen and oxygen atoms in total. The van der Waals surface area contributed by atoms with E-state index in [-0.39, 0.29) is 32.2 Å². The number of likely N-dealkylation sites (N-methyl/N-ethyl adjacent to an activating group) is 1. The molecule has 314 valence electrons. The first-order valence-electron chi connectivity index (χ1n) is 21.7. The molecule has 0 amide bonds. The van der Waals surface area contributed by atoms with Gasteiger partial charge < -0.3 is 28.5 Å². The maximum absolute atomic E-state index is 12.7. The van der Waals surface area contributed by atoms with Gasteiger partial charge in [-0.1, -0.05) is 153 Å². The van der Waals surface area contributed by atoms with Gasteiger partial charge in [-0.2, -0.15) is 0 Å². The Labute approximate surface area is 330 Å². The van der Waals surface area contributed by atoms with E-state index in [0.717, 1.165) is 64.2 Å². The molecule has 0 saturated carbocycles. The molecular formula is C45H82NO8+. The van der Waals surface area contributed by atoms with Crippen LogP contribution in [-0.2, 0) is 33.3 Å². The van der Waals surface area contributed by atoms with E-state index in [0.29, 0.717) is 23.9 Å². The Morgan fingerprint density at radius 3 is 1.57 bits per heavy atom. The molecule has 0 aromatic rings. The molecule has 54 heavy (non-hydrogen) atoms. The van der Waals surface area contributed by atoms with E-state index in [1.54, 1.807) is 0 Å². The number of quaternary nitrogens is 1. The molecule has 2 atom stereocenters. The number of rotatable bonds is 39. The van der Waals surface area contributed by atoms with Crippen molar-refractivity contribution >= 4 is 17.9 Å². The number of carbonyl (C=O) groups is 3. The molecule has 0 fully saturated rings. The van der Waals surface area contributed by atoms with Gasteiger partial charge in [-0.05, 0) is 44.9 Å². The fourth-order valence-electron chi connectivity index (χ4n) is 5.79. The summed E-state index contributed by atoms with van der Waals surface area (Å²) in [7, 11) is 5.95. The maximum atomic E-state index is 12.7. The largest absolute Gasteiger partial charge is 0.477 e. The summed E-state index contributed by atoms with van der Waals surface area (Å²) in [5.74, 6) is -2.02. The molecular weight excluding hydrogens is 682 g/mol. The zero-order valence-corrected chi connectivity index (χ0v) is 35.4. The lowest BCUT2D eigenvalue weighted by molar-refractivity contribution is -0.870. The van der Waals surface area contributed by atoms with Crippen molar-refractivity contribution in [3.63, 3.8) is 0 Å². The molecule has 0 radical (unpaired) electrons. The van der Waals surface area contributed by atoms with E-state index in [2.05, 4.69) is 50.3 Å². The van der Waals surface area contributed by atoms with Gasteiger partial charge in [-0.25, -0.2) is 4.79 Å². The zero-order chi connectivity index (χ0) is 40.0. The Kier molecular flexibility index (Phi) is 35.7. The smallest absolute Gasteiger partial charge is 0.361 e. The predicted molar refractivity (Wildman–Crippen MR) is 221 cm³/mol. The van der Waals surface area contributed by atoms with Crippen LogP contribution in [0, 0.1) is 0 Å². The number of hydrogen-bond donors (Lipinski definition) is 1. The molecule has 0 aliphatic rings. The van der Waals surface area contributed by atoms with Gasteiger partial charge in [0.1, 0.15) is 13.2 Å². The summed E-state index contributed by atoms with van der Waals surface area (Å²) in [5.41, 5.74) is 0. The number of nitrogens with zero attached hydrogens (tertiary/aromatic N) is 1. The van der Waals surface area contributed by atoms with Crippen molar-refractivity contribution < 1.29 is 42.9 Å². The van der Waals surface area contributed by atoms with E-state index >= 15 is 0 Å². The minimum Gasteiger partial charge on any atom is -0.477 e. The van der Waals surface area contributed by atoms with Gasteiger partial charge in [-0.3, -0.25) is 9.59 Å². The van der Waals surface area contributed by atoms with Gasteiger partial charge in [0, 0.05) is 12.8 Å². The highest BCUT2D eigenvalue weighted by Crippen LogP contribution is 2.14. The Balaban J connectivity index is 4.47. The molecule has 0 aromatic heterocycles. The summed E-state index contributed by atoms with van der Waals surface area (Å²) in [6.45, 7) is 4.74. The number of carboxylic acid groups (broad SMARTS) is 1. The lowest BCUT2D eigenvalue weighted by atomic mass is 10.0. The quantitative estimate of drug-likeness (QED) is 0.0217. The monoisotopic (exact) mass is 765 g/mol. The van der Waals surface area contributed by atoms with Crippen molar-refractivity contribution in [2.24, 2.45) is 0 Å². The van der Waals surface area contributed by atoms with Crippen LogP contribution in [0.2, 0.25) is 0 Å². The van der Waals surface area contributed by atoms with Crippen LogP contribution < -0.4 is 0 Å². The molecule has 0 heterocycles. The average Bonchev–Trinajstić information content (AvgIpc) is 3.12. The first-order valence-corrected chi connectivity index (χ1v) is 21.7. The van der Waals surface area contributed by atoms with Gasteiger partial charge in [0.25, 0.3) is 6.29 Å². The topological polar surface area (TPSA) is 108 Å². The number of carbonyl (C=O) groups excluding carboxylic acids is 2. The molecule has 0 aliphatic carbocycles. The highest BCUT2D eigenvalue weighted by Gasteiger charge is 2.25. The summed E-state index contributed by atoms with van der Waals surface area (Å²) in [4.78, 5) is 37.0. The van der Waals surface area contributed by atoms with E-state index < -0.39 is 24.3 Å². The number of hydrogen-bond acceptors (Lipinski definition) is 7. The molecule has 0 rings (SSSR count). The van der Waals surface area contributed by atoms with Crippen molar-refractivity contribution in [2.45, 2.75) is 187 Å². The Morgan fingerprint density at radius 2 is 1.06 bits per heavy atom. The van der Waals surface area contributed by atoms with Crippen LogP contribution in [-0.4, -0.2) is 87.4 Å². The SMILES string of the molecule is CC/C=C\C/C=C\C/C=C\CCCCCCCCCC(=O)OC(COC(=O)CCCCCCCCCCCCCC)COC(OCC[N+](C)(C)C)C(=O)O. The van der Waals surface area contributed by atoms with Gasteiger partial charge in [0.15, 0.2) is 6.10 Å². The Hall–Kier alpha value is -2.49. The molecule has 0 aliphatic heterocycles. The first-order chi connectivity index (χ1) is 26.1. The standard InChI is InChI=1S/C45H81NO8/c1-6-8-10-12-14-16-18-20-21-22-23-24-26-28-30-32-34-36-43(48)54-41(40-53-45(44(49)50)51-38-37-46(3,4)5)39-52-42(47)35-33-31-29-27-25-19-17-15-13-11-9-7-2/h8,10,14,16,20-21,41,45H,6-7,9,11-13,15,17-19,22-40H2,1-5H3/p+1/b10-8-,16-14-,21-20-. The van der Waals surface area contributed by atoms with Crippen LogP contribution >= 0.6 is 0 Å². The number of esters is 2.